The van der Waals surface area contributed by atoms with Crippen LogP contribution in [0.1, 0.15) is 24.2 Å². The minimum atomic E-state index is -4.73. The lowest BCUT2D eigenvalue weighted by Gasteiger charge is -2.17. The van der Waals surface area contributed by atoms with Crippen molar-refractivity contribution in [2.24, 2.45) is 5.92 Å². The van der Waals surface area contributed by atoms with Crippen molar-refractivity contribution in [3.8, 4) is 0 Å². The van der Waals surface area contributed by atoms with Crippen LogP contribution in [0.2, 0.25) is 0 Å². The molecule has 0 fully saturated rings. The lowest BCUT2D eigenvalue weighted by Crippen LogP contribution is -2.44. The number of hydrogen-bond donors (Lipinski definition) is 2. The van der Waals surface area contributed by atoms with E-state index in [0.29, 0.717) is 0 Å². The number of carbonyl (C=O) groups is 2. The van der Waals surface area contributed by atoms with E-state index in [4.69, 9.17) is 5.11 Å². The van der Waals surface area contributed by atoms with Crippen molar-refractivity contribution in [3.63, 3.8) is 0 Å². The molecule has 122 valence electrons. The van der Waals surface area contributed by atoms with Gasteiger partial charge in [-0.15, -0.1) is 0 Å². The molecule has 1 aromatic rings. The Labute approximate surface area is 126 Å². The topological polar surface area (TPSA) is 101 Å². The van der Waals surface area contributed by atoms with Crippen molar-refractivity contribution in [1.29, 1.82) is 0 Å². The summed E-state index contributed by atoms with van der Waals surface area (Å²) in [7, 11) is -4.73. The molecular formula is C13H15F2NO5S. The predicted molar refractivity (Wildman–Crippen MR) is 73.4 cm³/mol. The summed E-state index contributed by atoms with van der Waals surface area (Å²) >= 11 is 0. The normalized spacial score (nSPS) is 13.2. The molecule has 1 unspecified atom stereocenters. The van der Waals surface area contributed by atoms with Gasteiger partial charge in [-0.2, -0.15) is 8.78 Å². The van der Waals surface area contributed by atoms with Gasteiger partial charge in [-0.05, 0) is 30.2 Å². The molecule has 0 saturated heterocycles. The third-order valence-corrected chi connectivity index (χ3v) is 4.30. The van der Waals surface area contributed by atoms with Gasteiger partial charge in [0, 0.05) is 5.56 Å². The summed E-state index contributed by atoms with van der Waals surface area (Å²) < 4.78 is 47.2. The lowest BCUT2D eigenvalue weighted by atomic mass is 10.0. The Morgan fingerprint density at radius 1 is 1.14 bits per heavy atom. The standard InChI is InChI=1S/C13H15F2NO5S/c1-7(2)10(12(18)19)16-11(17)8-3-5-9(6-4-8)22(20,21)13(14)15/h3-7,10,13H,1-2H3,(H,16,17)(H,18,19). The van der Waals surface area contributed by atoms with Crippen LogP contribution in [0.5, 0.6) is 0 Å². The second-order valence-corrected chi connectivity index (χ2v) is 6.78. The van der Waals surface area contributed by atoms with Crippen LogP contribution in [0, 0.1) is 5.92 Å². The molecule has 2 N–H and O–H groups in total. The number of benzene rings is 1. The smallest absolute Gasteiger partial charge is 0.341 e. The highest BCUT2D eigenvalue weighted by molar-refractivity contribution is 7.91. The first-order valence-electron chi connectivity index (χ1n) is 6.23. The molecule has 9 heteroatoms. The zero-order valence-corrected chi connectivity index (χ0v) is 12.6. The van der Waals surface area contributed by atoms with E-state index in [-0.39, 0.29) is 11.5 Å². The highest BCUT2D eigenvalue weighted by Gasteiger charge is 2.27. The van der Waals surface area contributed by atoms with E-state index in [0.717, 1.165) is 24.3 Å². The zero-order chi connectivity index (χ0) is 17.1. The Morgan fingerprint density at radius 3 is 2.00 bits per heavy atom. The van der Waals surface area contributed by atoms with E-state index in [9.17, 15) is 26.8 Å². The summed E-state index contributed by atoms with van der Waals surface area (Å²) in [5, 5.41) is 11.3. The van der Waals surface area contributed by atoms with Gasteiger partial charge in [0.2, 0.25) is 9.84 Å². The number of amides is 1. The van der Waals surface area contributed by atoms with Gasteiger partial charge in [0.05, 0.1) is 4.90 Å². The van der Waals surface area contributed by atoms with Crippen LogP contribution in [0.3, 0.4) is 0 Å². The fourth-order valence-corrected chi connectivity index (χ4v) is 2.36. The molecule has 22 heavy (non-hydrogen) atoms. The van der Waals surface area contributed by atoms with Crippen LogP contribution in [0.4, 0.5) is 8.78 Å². The van der Waals surface area contributed by atoms with Crippen LogP contribution in [0.25, 0.3) is 0 Å². The third kappa shape index (κ3) is 4.00. The molecule has 0 aromatic heterocycles. The van der Waals surface area contributed by atoms with Gasteiger partial charge in [-0.3, -0.25) is 4.79 Å². The monoisotopic (exact) mass is 335 g/mol. The number of hydrogen-bond acceptors (Lipinski definition) is 4. The quantitative estimate of drug-likeness (QED) is 0.821. The van der Waals surface area contributed by atoms with E-state index in [1.54, 1.807) is 13.8 Å². The maximum atomic E-state index is 12.4. The van der Waals surface area contributed by atoms with Crippen molar-refractivity contribution in [3.05, 3.63) is 29.8 Å². The number of nitrogens with one attached hydrogen (secondary N) is 1. The number of alkyl halides is 2. The molecule has 0 spiro atoms. The fourth-order valence-electron chi connectivity index (χ4n) is 1.64. The average Bonchev–Trinajstić information content (AvgIpc) is 2.43. The van der Waals surface area contributed by atoms with E-state index in [1.807, 2.05) is 0 Å². The average molecular weight is 335 g/mol. The molecule has 1 atom stereocenters. The number of aliphatic carboxylic acids is 1. The van der Waals surface area contributed by atoms with E-state index in [2.05, 4.69) is 5.32 Å². The van der Waals surface area contributed by atoms with Crippen LogP contribution < -0.4 is 5.32 Å². The first kappa shape index (κ1) is 18.0. The third-order valence-electron chi connectivity index (χ3n) is 2.90. The maximum absolute atomic E-state index is 12.4. The number of sulfone groups is 1. The largest absolute Gasteiger partial charge is 0.480 e. The highest BCUT2D eigenvalue weighted by atomic mass is 32.2. The van der Waals surface area contributed by atoms with Gasteiger partial charge >= 0.3 is 11.7 Å². The van der Waals surface area contributed by atoms with Crippen LogP contribution in [0.15, 0.2) is 29.2 Å². The summed E-state index contributed by atoms with van der Waals surface area (Å²) in [6.45, 7) is 3.22. The number of carbonyl (C=O) groups excluding carboxylic acids is 1. The second kappa shape index (κ2) is 6.82. The Kier molecular flexibility index (Phi) is 5.59. The van der Waals surface area contributed by atoms with Crippen LogP contribution >= 0.6 is 0 Å². The fraction of sp³-hybridized carbons (Fsp3) is 0.385. The Hall–Kier alpha value is -2.03. The van der Waals surface area contributed by atoms with Crippen molar-refractivity contribution >= 4 is 21.7 Å². The van der Waals surface area contributed by atoms with E-state index >= 15 is 0 Å². The summed E-state index contributed by atoms with van der Waals surface area (Å²) in [6.07, 6.45) is 0. The van der Waals surface area contributed by atoms with Gasteiger partial charge in [-0.1, -0.05) is 13.8 Å². The maximum Gasteiger partial charge on any atom is 0.341 e. The van der Waals surface area contributed by atoms with Crippen LogP contribution in [-0.4, -0.2) is 37.2 Å². The minimum absolute atomic E-state index is 0.0277. The Balaban J connectivity index is 2.96. The molecule has 0 aliphatic rings. The van der Waals surface area contributed by atoms with Gasteiger partial charge in [0.25, 0.3) is 5.91 Å². The Morgan fingerprint density at radius 2 is 1.64 bits per heavy atom. The number of carboxylic acids is 1. The first-order valence-corrected chi connectivity index (χ1v) is 7.77. The zero-order valence-electron chi connectivity index (χ0n) is 11.8. The van der Waals surface area contributed by atoms with Gasteiger partial charge in [0.1, 0.15) is 6.04 Å². The molecule has 6 nitrogen and oxygen atoms in total. The van der Waals surface area contributed by atoms with Gasteiger partial charge in [-0.25, -0.2) is 13.2 Å². The SMILES string of the molecule is CC(C)C(NC(=O)c1ccc(S(=O)(=O)C(F)F)cc1)C(=O)O. The number of rotatable bonds is 6. The molecule has 0 aliphatic carbocycles. The number of halogens is 2. The molecule has 0 bridgehead atoms. The number of carboxylic acid groups (broad SMARTS) is 1. The summed E-state index contributed by atoms with van der Waals surface area (Å²) in [5.74, 6) is -5.85. The second-order valence-electron chi connectivity index (χ2n) is 4.86. The molecule has 0 heterocycles. The molecular weight excluding hydrogens is 320 g/mol. The van der Waals surface area contributed by atoms with Crippen molar-refractivity contribution in [1.82, 2.24) is 5.32 Å². The van der Waals surface area contributed by atoms with Crippen LogP contribution in [-0.2, 0) is 14.6 Å². The lowest BCUT2D eigenvalue weighted by molar-refractivity contribution is -0.140. The van der Waals surface area contributed by atoms with Crippen molar-refractivity contribution in [2.45, 2.75) is 30.5 Å². The summed E-state index contributed by atoms with van der Waals surface area (Å²) in [4.78, 5) is 22.3. The van der Waals surface area contributed by atoms with Gasteiger partial charge in [0.15, 0.2) is 0 Å². The van der Waals surface area contributed by atoms with Crippen molar-refractivity contribution < 1.29 is 31.9 Å². The van der Waals surface area contributed by atoms with Crippen molar-refractivity contribution in [2.75, 3.05) is 0 Å². The molecule has 0 aliphatic heterocycles. The molecule has 1 amide bonds. The van der Waals surface area contributed by atoms with Gasteiger partial charge < -0.3 is 10.4 Å². The molecule has 0 radical (unpaired) electrons. The first-order chi connectivity index (χ1) is 10.1. The molecule has 1 aromatic carbocycles. The predicted octanol–water partition coefficient (Wildman–Crippen LogP) is 1.52. The minimum Gasteiger partial charge on any atom is -0.480 e. The summed E-state index contributed by atoms with van der Waals surface area (Å²) in [5.41, 5.74) is -0.0277. The van der Waals surface area contributed by atoms with E-state index < -0.39 is 38.4 Å². The Bertz CT molecular complexity index is 656. The highest BCUT2D eigenvalue weighted by Crippen LogP contribution is 2.18. The molecule has 1 rings (SSSR count). The van der Waals surface area contributed by atoms with E-state index in [1.165, 1.54) is 0 Å². The molecule has 0 saturated carbocycles. The summed E-state index contributed by atoms with van der Waals surface area (Å²) in [6, 6.07) is 2.73.